The van der Waals surface area contributed by atoms with Gasteiger partial charge >= 0.3 is 0 Å². The van der Waals surface area contributed by atoms with E-state index in [-0.39, 0.29) is 17.2 Å². The Kier molecular flexibility index (Phi) is 5.31. The zero-order valence-corrected chi connectivity index (χ0v) is 17.0. The van der Waals surface area contributed by atoms with Gasteiger partial charge in [0.05, 0.1) is 11.3 Å². The fourth-order valence-electron chi connectivity index (χ4n) is 3.38. The molecule has 1 amide bonds. The predicted octanol–water partition coefficient (Wildman–Crippen LogP) is 4.01. The lowest BCUT2D eigenvalue weighted by molar-refractivity contribution is -0.131. The van der Waals surface area contributed by atoms with Crippen LogP contribution in [0.1, 0.15) is 35.9 Å². The number of thiophene rings is 1. The molecule has 7 heteroatoms. The average Bonchev–Trinajstić information content (AvgIpc) is 3.36. The molecule has 0 saturated carbocycles. The Morgan fingerprint density at radius 2 is 2.04 bits per heavy atom. The molecule has 3 aromatic rings. The molecule has 4 rings (SSSR count). The van der Waals surface area contributed by atoms with Crippen molar-refractivity contribution in [3.8, 4) is 0 Å². The average molecular weight is 399 g/mol. The molecule has 140 valence electrons. The number of hydrogen-bond donors (Lipinski definition) is 0. The molecule has 0 unspecified atom stereocenters. The van der Waals surface area contributed by atoms with Gasteiger partial charge in [0, 0.05) is 18.0 Å². The molecule has 0 fully saturated rings. The minimum Gasteiger partial charge on any atom is -0.337 e. The highest BCUT2D eigenvalue weighted by Gasteiger charge is 2.27. The Balaban J connectivity index is 1.45. The molecule has 1 aliphatic heterocycles. The molecule has 0 N–H and O–H groups in total. The van der Waals surface area contributed by atoms with E-state index in [0.29, 0.717) is 0 Å². The van der Waals surface area contributed by atoms with E-state index in [4.69, 9.17) is 0 Å². The van der Waals surface area contributed by atoms with Gasteiger partial charge in [0.15, 0.2) is 5.16 Å². The van der Waals surface area contributed by atoms with Crippen LogP contribution in [0.2, 0.25) is 0 Å². The summed E-state index contributed by atoms with van der Waals surface area (Å²) in [5.41, 5.74) is 2.48. The molecule has 0 bridgehead atoms. The van der Waals surface area contributed by atoms with E-state index in [1.54, 1.807) is 17.7 Å². The van der Waals surface area contributed by atoms with Gasteiger partial charge in [-0.3, -0.25) is 4.79 Å². The molecule has 0 aliphatic carbocycles. The molecule has 1 aromatic carbocycles. The number of thioether (sulfide) groups is 1. The first-order valence-corrected chi connectivity index (χ1v) is 10.8. The number of nitrogens with zero attached hydrogens (tertiary/aromatic N) is 4. The van der Waals surface area contributed by atoms with Gasteiger partial charge in [-0.05, 0) is 42.8 Å². The standard InChI is InChI=1S/C20H22N4OS2/c1-14(16-6-4-3-5-7-16)24-13-21-22-20(24)27-15(2)19(25)23-10-8-18-17(12-23)9-11-26-18/h3-7,9,11,13-15H,8,10,12H2,1-2H3/t14-,15-/m0/s1. The van der Waals surface area contributed by atoms with E-state index in [1.165, 1.54) is 27.8 Å². The zero-order chi connectivity index (χ0) is 18.8. The normalized spacial score (nSPS) is 16.0. The Bertz CT molecular complexity index is 921. The van der Waals surface area contributed by atoms with Crippen molar-refractivity contribution in [1.29, 1.82) is 0 Å². The van der Waals surface area contributed by atoms with Crippen LogP contribution in [-0.4, -0.2) is 37.4 Å². The molecule has 0 spiro atoms. The summed E-state index contributed by atoms with van der Waals surface area (Å²) in [7, 11) is 0. The highest BCUT2D eigenvalue weighted by molar-refractivity contribution is 8.00. The van der Waals surface area contributed by atoms with Crippen LogP contribution in [0.5, 0.6) is 0 Å². The van der Waals surface area contributed by atoms with Crippen LogP contribution >= 0.6 is 23.1 Å². The Hall–Kier alpha value is -2.12. The minimum absolute atomic E-state index is 0.120. The molecule has 1 aliphatic rings. The van der Waals surface area contributed by atoms with E-state index in [1.807, 2.05) is 34.6 Å². The Morgan fingerprint density at radius 1 is 1.22 bits per heavy atom. The quantitative estimate of drug-likeness (QED) is 0.609. The maximum absolute atomic E-state index is 13.0. The van der Waals surface area contributed by atoms with Crippen molar-refractivity contribution in [1.82, 2.24) is 19.7 Å². The largest absolute Gasteiger partial charge is 0.337 e. The van der Waals surface area contributed by atoms with Crippen LogP contribution in [-0.2, 0) is 17.8 Å². The molecular formula is C20H22N4OS2. The van der Waals surface area contributed by atoms with Gasteiger partial charge in [0.25, 0.3) is 0 Å². The lowest BCUT2D eigenvalue weighted by Gasteiger charge is -2.29. The maximum atomic E-state index is 13.0. The lowest BCUT2D eigenvalue weighted by Crippen LogP contribution is -2.39. The number of benzene rings is 1. The molecule has 0 radical (unpaired) electrons. The van der Waals surface area contributed by atoms with Crippen molar-refractivity contribution in [2.45, 2.75) is 43.3 Å². The fraction of sp³-hybridized carbons (Fsp3) is 0.350. The van der Waals surface area contributed by atoms with Crippen molar-refractivity contribution >= 4 is 29.0 Å². The number of hydrogen-bond acceptors (Lipinski definition) is 5. The molecule has 5 nitrogen and oxygen atoms in total. The smallest absolute Gasteiger partial charge is 0.236 e. The van der Waals surface area contributed by atoms with Crippen LogP contribution in [0.3, 0.4) is 0 Å². The van der Waals surface area contributed by atoms with Crippen LogP contribution in [0.25, 0.3) is 0 Å². The van der Waals surface area contributed by atoms with E-state index in [9.17, 15) is 4.79 Å². The van der Waals surface area contributed by atoms with Crippen LogP contribution in [0, 0.1) is 0 Å². The number of aromatic nitrogens is 3. The molecule has 0 saturated heterocycles. The van der Waals surface area contributed by atoms with Crippen molar-refractivity contribution in [3.05, 3.63) is 64.1 Å². The molecule has 2 atom stereocenters. The van der Waals surface area contributed by atoms with E-state index in [0.717, 1.165) is 24.7 Å². The minimum atomic E-state index is -0.198. The molecule has 3 heterocycles. The SMILES string of the molecule is C[C@H](Sc1nncn1[C@@H](C)c1ccccc1)C(=O)N1CCc2sccc2C1. The van der Waals surface area contributed by atoms with Gasteiger partial charge in [0.1, 0.15) is 6.33 Å². The predicted molar refractivity (Wildman–Crippen MR) is 109 cm³/mol. The molecular weight excluding hydrogens is 376 g/mol. The fourth-order valence-corrected chi connectivity index (χ4v) is 5.25. The van der Waals surface area contributed by atoms with Crippen molar-refractivity contribution in [2.24, 2.45) is 0 Å². The lowest BCUT2D eigenvalue weighted by atomic mass is 10.1. The van der Waals surface area contributed by atoms with Crippen LogP contribution in [0.15, 0.2) is 53.3 Å². The Labute approximate surface area is 167 Å². The summed E-state index contributed by atoms with van der Waals surface area (Å²) in [4.78, 5) is 16.3. The second-order valence-corrected chi connectivity index (χ2v) is 9.05. The first-order valence-electron chi connectivity index (χ1n) is 9.08. The summed E-state index contributed by atoms with van der Waals surface area (Å²) in [5, 5.41) is 11.0. The van der Waals surface area contributed by atoms with Crippen LogP contribution in [0.4, 0.5) is 0 Å². The van der Waals surface area contributed by atoms with E-state index in [2.05, 4.69) is 40.7 Å². The summed E-state index contributed by atoms with van der Waals surface area (Å²) in [6.07, 6.45) is 2.70. The van der Waals surface area contributed by atoms with Crippen molar-refractivity contribution in [3.63, 3.8) is 0 Å². The summed E-state index contributed by atoms with van der Waals surface area (Å²) >= 11 is 3.28. The highest BCUT2D eigenvalue weighted by Crippen LogP contribution is 2.30. The summed E-state index contributed by atoms with van der Waals surface area (Å²) < 4.78 is 2.04. The number of carbonyl (C=O) groups is 1. The maximum Gasteiger partial charge on any atom is 0.236 e. The van der Waals surface area contributed by atoms with Gasteiger partial charge in [-0.2, -0.15) is 0 Å². The second-order valence-electron chi connectivity index (χ2n) is 6.75. The third-order valence-electron chi connectivity index (χ3n) is 4.99. The molecule has 27 heavy (non-hydrogen) atoms. The van der Waals surface area contributed by atoms with Gasteiger partial charge in [-0.1, -0.05) is 42.1 Å². The van der Waals surface area contributed by atoms with Gasteiger partial charge in [0.2, 0.25) is 5.91 Å². The summed E-state index contributed by atoms with van der Waals surface area (Å²) in [5.74, 6) is 0.166. The zero-order valence-electron chi connectivity index (χ0n) is 15.4. The number of fused-ring (bicyclic) bond motifs is 1. The number of amides is 1. The third-order valence-corrected chi connectivity index (χ3v) is 7.07. The second kappa shape index (κ2) is 7.86. The molecule has 2 aromatic heterocycles. The third kappa shape index (κ3) is 3.80. The van der Waals surface area contributed by atoms with Gasteiger partial charge in [-0.25, -0.2) is 0 Å². The topological polar surface area (TPSA) is 51.0 Å². The first-order chi connectivity index (χ1) is 13.1. The van der Waals surface area contributed by atoms with Crippen molar-refractivity contribution < 1.29 is 4.79 Å². The first kappa shape index (κ1) is 18.3. The van der Waals surface area contributed by atoms with E-state index < -0.39 is 0 Å². The van der Waals surface area contributed by atoms with Gasteiger partial charge in [-0.15, -0.1) is 21.5 Å². The number of carbonyl (C=O) groups excluding carboxylic acids is 1. The summed E-state index contributed by atoms with van der Waals surface area (Å²) in [6.45, 7) is 5.60. The van der Waals surface area contributed by atoms with Gasteiger partial charge < -0.3 is 9.47 Å². The highest BCUT2D eigenvalue weighted by atomic mass is 32.2. The van der Waals surface area contributed by atoms with E-state index >= 15 is 0 Å². The number of rotatable bonds is 5. The monoisotopic (exact) mass is 398 g/mol. The van der Waals surface area contributed by atoms with Crippen LogP contribution < -0.4 is 0 Å². The summed E-state index contributed by atoms with van der Waals surface area (Å²) in [6, 6.07) is 12.5. The van der Waals surface area contributed by atoms with Crippen molar-refractivity contribution in [2.75, 3.05) is 6.54 Å². The Morgan fingerprint density at radius 3 is 2.85 bits per heavy atom.